The van der Waals surface area contributed by atoms with E-state index >= 15 is 0 Å². The van der Waals surface area contributed by atoms with Gasteiger partial charge >= 0.3 is 5.97 Å². The maximum atomic E-state index is 13.1. The third-order valence-corrected chi connectivity index (χ3v) is 6.51. The average molecular weight is 420 g/mol. The Morgan fingerprint density at radius 3 is 2.27 bits per heavy atom. The summed E-state index contributed by atoms with van der Waals surface area (Å²) in [6, 6.07) is 0. The van der Waals surface area contributed by atoms with Gasteiger partial charge in [-0.2, -0.15) is 0 Å². The first-order valence-electron chi connectivity index (χ1n) is 9.92. The van der Waals surface area contributed by atoms with E-state index in [0.29, 0.717) is 12.0 Å². The van der Waals surface area contributed by atoms with Crippen molar-refractivity contribution in [3.8, 4) is 17.2 Å². The van der Waals surface area contributed by atoms with Gasteiger partial charge in [0.25, 0.3) is 0 Å². The van der Waals surface area contributed by atoms with Crippen molar-refractivity contribution < 1.29 is 39.9 Å². The van der Waals surface area contributed by atoms with Crippen molar-refractivity contribution in [2.24, 2.45) is 5.41 Å². The van der Waals surface area contributed by atoms with Crippen LogP contribution in [0, 0.1) is 5.41 Å². The molecule has 3 rings (SSSR count). The topological polar surface area (TPSA) is 145 Å². The van der Waals surface area contributed by atoms with Gasteiger partial charge in [-0.05, 0) is 23.8 Å². The first kappa shape index (κ1) is 22.0. The number of carbonyl (C=O) groups excluding carboxylic acids is 2. The van der Waals surface area contributed by atoms with E-state index in [9.17, 15) is 35.1 Å². The van der Waals surface area contributed by atoms with Gasteiger partial charge in [0.05, 0.1) is 12.2 Å². The lowest BCUT2D eigenvalue weighted by molar-refractivity contribution is -0.141. The second-order valence-electron chi connectivity index (χ2n) is 9.01. The van der Waals surface area contributed by atoms with Crippen molar-refractivity contribution >= 4 is 11.8 Å². The van der Waals surface area contributed by atoms with Gasteiger partial charge < -0.3 is 30.3 Å². The van der Waals surface area contributed by atoms with Crippen molar-refractivity contribution in [1.29, 1.82) is 0 Å². The fourth-order valence-electron chi connectivity index (χ4n) is 5.26. The van der Waals surface area contributed by atoms with Gasteiger partial charge in [0.15, 0.2) is 17.3 Å². The van der Waals surface area contributed by atoms with Gasteiger partial charge in [0, 0.05) is 29.4 Å². The molecule has 2 unspecified atom stereocenters. The maximum absolute atomic E-state index is 13.1. The largest absolute Gasteiger partial charge is 0.507 e. The van der Waals surface area contributed by atoms with Gasteiger partial charge in [-0.1, -0.05) is 27.2 Å². The summed E-state index contributed by atoms with van der Waals surface area (Å²) in [5.74, 6) is -4.96. The van der Waals surface area contributed by atoms with Crippen LogP contribution in [0.4, 0.5) is 0 Å². The molecular formula is C22H28O8. The van der Waals surface area contributed by atoms with E-state index in [1.807, 2.05) is 13.8 Å². The van der Waals surface area contributed by atoms with Crippen LogP contribution in [-0.2, 0) is 14.9 Å². The molecule has 0 spiro atoms. The molecule has 0 bridgehead atoms. The Labute approximate surface area is 174 Å². The smallest absolute Gasteiger partial charge is 0.302 e. The Morgan fingerprint density at radius 1 is 1.07 bits per heavy atom. The van der Waals surface area contributed by atoms with Crippen LogP contribution in [0.3, 0.4) is 0 Å². The highest BCUT2D eigenvalue weighted by atomic mass is 16.5. The number of fused-ring (bicyclic) bond motifs is 3. The fourth-order valence-corrected chi connectivity index (χ4v) is 5.26. The first-order valence-corrected chi connectivity index (χ1v) is 9.92. The number of rotatable bonds is 4. The second-order valence-corrected chi connectivity index (χ2v) is 9.01. The summed E-state index contributed by atoms with van der Waals surface area (Å²) in [5.41, 5.74) is -1.57. The minimum atomic E-state index is -1.08. The molecule has 2 aliphatic rings. The summed E-state index contributed by atoms with van der Waals surface area (Å²) in [7, 11) is 0. The molecule has 1 aromatic carbocycles. The van der Waals surface area contributed by atoms with Crippen LogP contribution < -0.4 is 0 Å². The Kier molecular flexibility index (Phi) is 5.27. The molecule has 8 heteroatoms. The summed E-state index contributed by atoms with van der Waals surface area (Å²) in [5, 5.41) is 53.2. The van der Waals surface area contributed by atoms with Crippen molar-refractivity contribution in [3.63, 3.8) is 0 Å². The summed E-state index contributed by atoms with van der Waals surface area (Å²) in [6.07, 6.45) is 1.98. The number of hydrogen-bond acceptors (Lipinski definition) is 8. The number of allylic oxidation sites excluding steroid dienone is 2. The first-order chi connectivity index (χ1) is 13.9. The summed E-state index contributed by atoms with van der Waals surface area (Å²) in [4.78, 5) is 24.3. The zero-order valence-corrected chi connectivity index (χ0v) is 17.6. The van der Waals surface area contributed by atoms with Crippen molar-refractivity contribution in [2.45, 2.75) is 58.3 Å². The fraction of sp³-hybridized carbons (Fsp3) is 0.545. The van der Waals surface area contributed by atoms with Gasteiger partial charge in [-0.25, -0.2) is 0 Å². The number of phenols is 3. The molecule has 2 aliphatic carbocycles. The highest BCUT2D eigenvalue weighted by Crippen LogP contribution is 2.61. The minimum absolute atomic E-state index is 0.0657. The van der Waals surface area contributed by atoms with E-state index in [-0.39, 0.29) is 23.3 Å². The van der Waals surface area contributed by atoms with Crippen molar-refractivity contribution in [1.82, 2.24) is 0 Å². The number of Topliss-reactive ketones (excluding diaryl/α,β-unsaturated/α-hetero) is 1. The van der Waals surface area contributed by atoms with Crippen LogP contribution in [0.5, 0.6) is 17.2 Å². The lowest BCUT2D eigenvalue weighted by Crippen LogP contribution is -2.43. The summed E-state index contributed by atoms with van der Waals surface area (Å²) >= 11 is 0. The predicted molar refractivity (Wildman–Crippen MR) is 107 cm³/mol. The van der Waals surface area contributed by atoms with E-state index in [1.54, 1.807) is 6.92 Å². The minimum Gasteiger partial charge on any atom is -0.507 e. The lowest BCUT2D eigenvalue weighted by Gasteiger charge is -2.49. The second kappa shape index (κ2) is 7.19. The summed E-state index contributed by atoms with van der Waals surface area (Å²) in [6.45, 7) is 5.73. The van der Waals surface area contributed by atoms with E-state index in [4.69, 9.17) is 4.74 Å². The van der Waals surface area contributed by atoms with Crippen LogP contribution in [0.2, 0.25) is 0 Å². The highest BCUT2D eigenvalue weighted by molar-refractivity contribution is 6.13. The molecule has 0 aromatic heterocycles. The molecule has 1 saturated carbocycles. The normalized spacial score (nSPS) is 23.6. The van der Waals surface area contributed by atoms with Crippen LogP contribution in [0.25, 0.3) is 0 Å². The van der Waals surface area contributed by atoms with Crippen LogP contribution in [-0.4, -0.2) is 50.5 Å². The molecule has 30 heavy (non-hydrogen) atoms. The molecule has 0 radical (unpaired) electrons. The van der Waals surface area contributed by atoms with E-state index in [2.05, 4.69) is 0 Å². The van der Waals surface area contributed by atoms with Gasteiger partial charge in [0.2, 0.25) is 5.78 Å². The Hall–Kier alpha value is -2.74. The molecule has 1 aromatic rings. The third kappa shape index (κ3) is 3.01. The monoisotopic (exact) mass is 420 g/mol. The number of aliphatic hydroxyl groups is 2. The molecule has 8 nitrogen and oxygen atoms in total. The Bertz CT molecular complexity index is 959. The molecule has 1 fully saturated rings. The van der Waals surface area contributed by atoms with Crippen molar-refractivity contribution in [2.75, 3.05) is 13.2 Å². The SMILES string of the molecule is CC(=O)OCC(CO)c1c(O)c(O)c2c(c1O)C(=O)C(O)=C1C(C)(C)CCCC12C. The van der Waals surface area contributed by atoms with E-state index < -0.39 is 58.1 Å². The molecule has 5 N–H and O–H groups in total. The number of ketones is 1. The van der Waals surface area contributed by atoms with E-state index in [1.165, 1.54) is 0 Å². The Morgan fingerprint density at radius 2 is 1.70 bits per heavy atom. The third-order valence-electron chi connectivity index (χ3n) is 6.51. The number of esters is 1. The zero-order valence-electron chi connectivity index (χ0n) is 17.6. The van der Waals surface area contributed by atoms with Crippen molar-refractivity contribution in [3.05, 3.63) is 28.0 Å². The summed E-state index contributed by atoms with van der Waals surface area (Å²) < 4.78 is 4.88. The standard InChI is InChI=1S/C22H28O8/c1-10(24)30-9-11(8-23)12-15(25)13-14(18(28)16(12)26)22(4)7-5-6-21(2,3)20(22)19(29)17(13)27/h11,23,25-26,28-29H,5-9H2,1-4H3. The van der Waals surface area contributed by atoms with Crippen LogP contribution in [0.1, 0.15) is 74.4 Å². The zero-order chi connectivity index (χ0) is 22.6. The molecule has 0 saturated heterocycles. The van der Waals surface area contributed by atoms with Gasteiger partial charge in [-0.3, -0.25) is 9.59 Å². The van der Waals surface area contributed by atoms with Gasteiger partial charge in [0.1, 0.15) is 12.4 Å². The number of ether oxygens (including phenoxy) is 1. The average Bonchev–Trinajstić information content (AvgIpc) is 2.64. The van der Waals surface area contributed by atoms with E-state index in [0.717, 1.165) is 19.8 Å². The predicted octanol–water partition coefficient (Wildman–Crippen LogP) is 2.92. The maximum Gasteiger partial charge on any atom is 0.302 e. The Balaban J connectivity index is 2.31. The van der Waals surface area contributed by atoms with Crippen LogP contribution >= 0.6 is 0 Å². The number of hydrogen-bond donors (Lipinski definition) is 5. The molecule has 0 amide bonds. The molecular weight excluding hydrogens is 392 g/mol. The number of aliphatic hydroxyl groups excluding tert-OH is 2. The van der Waals surface area contributed by atoms with Gasteiger partial charge in [-0.15, -0.1) is 0 Å². The lowest BCUT2D eigenvalue weighted by atomic mass is 9.54. The number of phenolic OH excluding ortho intramolecular Hbond substituents is 3. The molecule has 0 aliphatic heterocycles. The quantitative estimate of drug-likeness (QED) is 0.284. The number of carbonyl (C=O) groups is 2. The molecule has 0 heterocycles. The molecule has 164 valence electrons. The highest BCUT2D eigenvalue weighted by Gasteiger charge is 2.53. The molecule has 2 atom stereocenters. The number of benzene rings is 1. The van der Waals surface area contributed by atoms with Crippen LogP contribution in [0.15, 0.2) is 11.3 Å². The number of aromatic hydroxyl groups is 3.